The van der Waals surface area contributed by atoms with Gasteiger partial charge in [-0.15, -0.1) is 11.8 Å². The Labute approximate surface area is 118 Å². The fraction of sp³-hybridized carbons (Fsp3) is 0.462. The van der Waals surface area contributed by atoms with Crippen LogP contribution in [0, 0.1) is 0 Å². The largest absolute Gasteiger partial charge is 0.355 e. The molecule has 0 fully saturated rings. The zero-order valence-corrected chi connectivity index (χ0v) is 12.3. The minimum Gasteiger partial charge on any atom is -0.355 e. The standard InChI is InChI=1S/C13H19ClN2OS/c1-10(15-2)9-16-13(17)7-8-18-12-5-3-11(14)4-6-12/h3-6,10,15H,7-9H2,1-2H3,(H,16,17). The first kappa shape index (κ1) is 15.3. The molecule has 0 saturated carbocycles. The molecule has 5 heteroatoms. The quantitative estimate of drug-likeness (QED) is 0.757. The van der Waals surface area contributed by atoms with E-state index in [9.17, 15) is 4.79 Å². The van der Waals surface area contributed by atoms with Gasteiger partial charge in [0.2, 0.25) is 5.91 Å². The number of rotatable bonds is 7. The fourth-order valence-corrected chi connectivity index (χ4v) is 2.23. The first-order valence-electron chi connectivity index (χ1n) is 5.94. The molecule has 0 aliphatic heterocycles. The van der Waals surface area contributed by atoms with Crippen LogP contribution in [-0.4, -0.2) is 31.3 Å². The summed E-state index contributed by atoms with van der Waals surface area (Å²) in [6.45, 7) is 2.70. The van der Waals surface area contributed by atoms with Crippen molar-refractivity contribution in [2.45, 2.75) is 24.3 Å². The number of halogens is 1. The van der Waals surface area contributed by atoms with E-state index in [1.807, 2.05) is 38.2 Å². The van der Waals surface area contributed by atoms with Crippen LogP contribution in [0.4, 0.5) is 0 Å². The summed E-state index contributed by atoms with van der Waals surface area (Å²) in [5.74, 6) is 0.875. The molecule has 1 atom stereocenters. The highest BCUT2D eigenvalue weighted by Crippen LogP contribution is 2.20. The molecule has 0 aliphatic rings. The second-order valence-electron chi connectivity index (χ2n) is 4.05. The van der Waals surface area contributed by atoms with E-state index in [1.54, 1.807) is 11.8 Å². The summed E-state index contributed by atoms with van der Waals surface area (Å²) in [6, 6.07) is 7.96. The molecule has 0 saturated heterocycles. The second-order valence-corrected chi connectivity index (χ2v) is 5.65. The highest BCUT2D eigenvalue weighted by atomic mass is 35.5. The van der Waals surface area contributed by atoms with Crippen molar-refractivity contribution in [3.05, 3.63) is 29.3 Å². The maximum absolute atomic E-state index is 11.5. The average molecular weight is 287 g/mol. The number of thioether (sulfide) groups is 1. The minimum absolute atomic E-state index is 0.0959. The van der Waals surface area contributed by atoms with E-state index in [0.29, 0.717) is 19.0 Å². The Bertz CT molecular complexity index is 370. The van der Waals surface area contributed by atoms with E-state index in [4.69, 9.17) is 11.6 Å². The van der Waals surface area contributed by atoms with Crippen LogP contribution in [0.1, 0.15) is 13.3 Å². The summed E-state index contributed by atoms with van der Waals surface area (Å²) in [5, 5.41) is 6.70. The summed E-state index contributed by atoms with van der Waals surface area (Å²) in [5.41, 5.74) is 0. The molecule has 100 valence electrons. The van der Waals surface area contributed by atoms with Gasteiger partial charge in [-0.3, -0.25) is 4.79 Å². The average Bonchev–Trinajstić information content (AvgIpc) is 2.38. The van der Waals surface area contributed by atoms with E-state index in [1.165, 1.54) is 0 Å². The molecule has 0 spiro atoms. The number of likely N-dealkylation sites (N-methyl/N-ethyl adjacent to an activating group) is 1. The topological polar surface area (TPSA) is 41.1 Å². The van der Waals surface area contributed by atoms with Crippen molar-refractivity contribution in [1.82, 2.24) is 10.6 Å². The molecule has 0 radical (unpaired) electrons. The molecule has 1 rings (SSSR count). The zero-order valence-electron chi connectivity index (χ0n) is 10.7. The lowest BCUT2D eigenvalue weighted by Gasteiger charge is -2.11. The smallest absolute Gasteiger partial charge is 0.220 e. The van der Waals surface area contributed by atoms with E-state index in [-0.39, 0.29) is 5.91 Å². The molecule has 3 nitrogen and oxygen atoms in total. The van der Waals surface area contributed by atoms with Crippen molar-refractivity contribution in [1.29, 1.82) is 0 Å². The molecule has 1 aromatic rings. The van der Waals surface area contributed by atoms with Crippen LogP contribution in [0.25, 0.3) is 0 Å². The van der Waals surface area contributed by atoms with E-state index < -0.39 is 0 Å². The predicted molar refractivity (Wildman–Crippen MR) is 78.3 cm³/mol. The SMILES string of the molecule is CNC(C)CNC(=O)CCSc1ccc(Cl)cc1. The number of nitrogens with one attached hydrogen (secondary N) is 2. The van der Waals surface area contributed by atoms with Crippen LogP contribution in [0.3, 0.4) is 0 Å². The Hall–Kier alpha value is -0.710. The lowest BCUT2D eigenvalue weighted by molar-refractivity contribution is -0.120. The van der Waals surface area contributed by atoms with Gasteiger partial charge < -0.3 is 10.6 Å². The van der Waals surface area contributed by atoms with Gasteiger partial charge in [0.1, 0.15) is 0 Å². The summed E-state index contributed by atoms with van der Waals surface area (Å²) >= 11 is 7.46. The molecule has 0 aromatic heterocycles. The van der Waals surface area contributed by atoms with Crippen LogP contribution in [-0.2, 0) is 4.79 Å². The molecule has 0 heterocycles. The minimum atomic E-state index is 0.0959. The van der Waals surface area contributed by atoms with Gasteiger partial charge in [-0.05, 0) is 38.2 Å². The van der Waals surface area contributed by atoms with E-state index in [2.05, 4.69) is 10.6 Å². The van der Waals surface area contributed by atoms with Gasteiger partial charge in [-0.2, -0.15) is 0 Å². The van der Waals surface area contributed by atoms with Gasteiger partial charge in [0.15, 0.2) is 0 Å². The summed E-state index contributed by atoms with van der Waals surface area (Å²) < 4.78 is 0. The number of amides is 1. The van der Waals surface area contributed by atoms with Crippen molar-refractivity contribution < 1.29 is 4.79 Å². The Balaban J connectivity index is 2.17. The Morgan fingerprint density at radius 2 is 2.06 bits per heavy atom. The summed E-state index contributed by atoms with van der Waals surface area (Å²) in [6.07, 6.45) is 0.531. The molecule has 0 aliphatic carbocycles. The van der Waals surface area contributed by atoms with Crippen LogP contribution in [0.2, 0.25) is 5.02 Å². The number of carbonyl (C=O) groups is 1. The third-order valence-electron chi connectivity index (χ3n) is 2.51. The van der Waals surface area contributed by atoms with Gasteiger partial charge in [0.05, 0.1) is 0 Å². The third kappa shape index (κ3) is 6.28. The van der Waals surface area contributed by atoms with Crippen LogP contribution in [0.5, 0.6) is 0 Å². The summed E-state index contributed by atoms with van der Waals surface area (Å²) in [7, 11) is 1.88. The number of carbonyl (C=O) groups excluding carboxylic acids is 1. The van der Waals surface area contributed by atoms with Gasteiger partial charge in [0, 0.05) is 34.7 Å². The van der Waals surface area contributed by atoms with Crippen molar-refractivity contribution in [3.63, 3.8) is 0 Å². The van der Waals surface area contributed by atoms with Gasteiger partial charge in [-0.1, -0.05) is 11.6 Å². The number of benzene rings is 1. The molecule has 2 N–H and O–H groups in total. The van der Waals surface area contributed by atoms with Crippen molar-refractivity contribution in [3.8, 4) is 0 Å². The highest BCUT2D eigenvalue weighted by molar-refractivity contribution is 7.99. The molecular formula is C13H19ClN2OS. The Morgan fingerprint density at radius 3 is 2.67 bits per heavy atom. The molecule has 18 heavy (non-hydrogen) atoms. The van der Waals surface area contributed by atoms with Crippen LogP contribution in [0.15, 0.2) is 29.2 Å². The molecule has 1 unspecified atom stereocenters. The van der Waals surface area contributed by atoms with Crippen LogP contribution >= 0.6 is 23.4 Å². The molecule has 1 aromatic carbocycles. The predicted octanol–water partition coefficient (Wildman–Crippen LogP) is 2.55. The van der Waals surface area contributed by atoms with Gasteiger partial charge >= 0.3 is 0 Å². The lowest BCUT2D eigenvalue weighted by atomic mass is 10.3. The molecule has 1 amide bonds. The molecule has 0 bridgehead atoms. The number of hydrogen-bond acceptors (Lipinski definition) is 3. The maximum atomic E-state index is 11.5. The van der Waals surface area contributed by atoms with Crippen LogP contribution < -0.4 is 10.6 Å². The van der Waals surface area contributed by atoms with E-state index in [0.717, 1.165) is 15.7 Å². The van der Waals surface area contributed by atoms with Crippen molar-refractivity contribution in [2.75, 3.05) is 19.3 Å². The summed E-state index contributed by atoms with van der Waals surface area (Å²) in [4.78, 5) is 12.7. The first-order chi connectivity index (χ1) is 8.61. The highest BCUT2D eigenvalue weighted by Gasteiger charge is 2.04. The Kier molecular flexibility index (Phi) is 7.16. The second kappa shape index (κ2) is 8.40. The zero-order chi connectivity index (χ0) is 13.4. The van der Waals surface area contributed by atoms with E-state index >= 15 is 0 Å². The fourth-order valence-electron chi connectivity index (χ4n) is 1.25. The van der Waals surface area contributed by atoms with Crippen molar-refractivity contribution >= 4 is 29.3 Å². The monoisotopic (exact) mass is 286 g/mol. The number of hydrogen-bond donors (Lipinski definition) is 2. The maximum Gasteiger partial charge on any atom is 0.220 e. The first-order valence-corrected chi connectivity index (χ1v) is 7.30. The normalized spacial score (nSPS) is 12.2. The third-order valence-corrected chi connectivity index (χ3v) is 3.78. The van der Waals surface area contributed by atoms with Crippen molar-refractivity contribution in [2.24, 2.45) is 0 Å². The molecular weight excluding hydrogens is 268 g/mol. The lowest BCUT2D eigenvalue weighted by Crippen LogP contribution is -2.37. The Morgan fingerprint density at radius 1 is 1.39 bits per heavy atom. The van der Waals surface area contributed by atoms with Gasteiger partial charge in [-0.25, -0.2) is 0 Å². The van der Waals surface area contributed by atoms with Gasteiger partial charge in [0.25, 0.3) is 0 Å².